The van der Waals surface area contributed by atoms with E-state index < -0.39 is 0 Å². The first-order valence-electron chi connectivity index (χ1n) is 6.39. The van der Waals surface area contributed by atoms with Gasteiger partial charge >= 0.3 is 0 Å². The molecule has 1 aliphatic heterocycles. The van der Waals surface area contributed by atoms with E-state index in [1.165, 1.54) is 25.7 Å². The third-order valence-electron chi connectivity index (χ3n) is 3.12. The molecule has 1 unspecified atom stereocenters. The van der Waals surface area contributed by atoms with Gasteiger partial charge in [-0.3, -0.25) is 0 Å². The predicted molar refractivity (Wildman–Crippen MR) is 75.3 cm³/mol. The summed E-state index contributed by atoms with van der Waals surface area (Å²) >= 11 is 7.56. The number of hydrogen-bond donors (Lipinski definition) is 1. The molecule has 1 saturated heterocycles. The number of rotatable bonds is 6. The first-order valence-corrected chi connectivity index (χ1v) is 7.64. The molecule has 0 bridgehead atoms. The van der Waals surface area contributed by atoms with E-state index in [9.17, 15) is 0 Å². The number of hydrogen-bond acceptors (Lipinski definition) is 4. The maximum atomic E-state index is 5.91. The number of nitrogens with one attached hydrogen (secondary N) is 1. The van der Waals surface area contributed by atoms with E-state index in [0.717, 1.165) is 24.8 Å². The van der Waals surface area contributed by atoms with Gasteiger partial charge in [-0.25, -0.2) is 4.98 Å². The maximum absolute atomic E-state index is 5.91. The van der Waals surface area contributed by atoms with E-state index in [0.29, 0.717) is 11.2 Å². The van der Waals surface area contributed by atoms with E-state index in [4.69, 9.17) is 11.6 Å². The first-order chi connectivity index (χ1) is 8.29. The minimum Gasteiger partial charge on any atom is -0.346 e. The Morgan fingerprint density at radius 1 is 1.65 bits per heavy atom. The van der Waals surface area contributed by atoms with Crippen molar-refractivity contribution in [3.05, 3.63) is 10.5 Å². The van der Waals surface area contributed by atoms with Crippen LogP contribution in [0, 0.1) is 0 Å². The van der Waals surface area contributed by atoms with Crippen molar-refractivity contribution in [1.29, 1.82) is 0 Å². The zero-order chi connectivity index (χ0) is 12.1. The van der Waals surface area contributed by atoms with Gasteiger partial charge in [0.05, 0.1) is 0 Å². The third kappa shape index (κ3) is 3.83. The van der Waals surface area contributed by atoms with Crippen molar-refractivity contribution >= 4 is 28.1 Å². The molecule has 1 aliphatic rings. The highest BCUT2D eigenvalue weighted by atomic mass is 35.5. The van der Waals surface area contributed by atoms with Crippen LogP contribution in [0.3, 0.4) is 0 Å². The number of anilines is 1. The van der Waals surface area contributed by atoms with Crippen molar-refractivity contribution in [3.63, 3.8) is 0 Å². The Morgan fingerprint density at radius 3 is 3.12 bits per heavy atom. The summed E-state index contributed by atoms with van der Waals surface area (Å²) in [5.41, 5.74) is 0. The molecule has 1 atom stereocenters. The lowest BCUT2D eigenvalue weighted by molar-refractivity contribution is 0.571. The van der Waals surface area contributed by atoms with Crippen LogP contribution in [0.4, 0.5) is 5.13 Å². The van der Waals surface area contributed by atoms with Crippen molar-refractivity contribution in [2.75, 3.05) is 24.5 Å². The highest BCUT2D eigenvalue weighted by Crippen LogP contribution is 2.24. The fraction of sp³-hybridized carbons (Fsp3) is 0.750. The average Bonchev–Trinajstić information content (AvgIpc) is 2.95. The second-order valence-corrected chi connectivity index (χ2v) is 5.77. The lowest BCUT2D eigenvalue weighted by atomic mass is 10.2. The van der Waals surface area contributed by atoms with Crippen LogP contribution in [-0.4, -0.2) is 30.7 Å². The van der Waals surface area contributed by atoms with Gasteiger partial charge in [0.25, 0.3) is 0 Å². The van der Waals surface area contributed by atoms with Crippen molar-refractivity contribution in [3.8, 4) is 0 Å². The Labute approximate surface area is 112 Å². The van der Waals surface area contributed by atoms with Crippen LogP contribution in [0.1, 0.15) is 32.6 Å². The zero-order valence-corrected chi connectivity index (χ0v) is 11.9. The van der Waals surface area contributed by atoms with Crippen LogP contribution in [0.2, 0.25) is 5.15 Å². The molecule has 0 aliphatic carbocycles. The second kappa shape index (κ2) is 6.57. The monoisotopic (exact) mass is 273 g/mol. The molecule has 0 aromatic carbocycles. The van der Waals surface area contributed by atoms with Crippen molar-refractivity contribution < 1.29 is 0 Å². The van der Waals surface area contributed by atoms with Crippen LogP contribution in [-0.2, 0) is 0 Å². The number of unbranched alkanes of at least 4 members (excludes halogenated alkanes) is 1. The minimum absolute atomic E-state index is 0.617. The van der Waals surface area contributed by atoms with E-state index in [1.54, 1.807) is 11.3 Å². The van der Waals surface area contributed by atoms with Crippen LogP contribution in [0.5, 0.6) is 0 Å². The lowest BCUT2D eigenvalue weighted by Crippen LogP contribution is -2.38. The SMILES string of the molecule is CCCCN(CC1CCCN1)c1nc(Cl)cs1. The van der Waals surface area contributed by atoms with Gasteiger partial charge in [0.15, 0.2) is 5.13 Å². The summed E-state index contributed by atoms with van der Waals surface area (Å²) in [5.74, 6) is 0. The Morgan fingerprint density at radius 2 is 2.53 bits per heavy atom. The summed E-state index contributed by atoms with van der Waals surface area (Å²) in [6, 6.07) is 0.620. The zero-order valence-electron chi connectivity index (χ0n) is 10.3. The second-order valence-electron chi connectivity index (χ2n) is 4.55. The summed E-state index contributed by atoms with van der Waals surface area (Å²) in [6.45, 7) is 5.52. The average molecular weight is 274 g/mol. The van der Waals surface area contributed by atoms with Crippen LogP contribution in [0.25, 0.3) is 0 Å². The number of nitrogens with zero attached hydrogens (tertiary/aromatic N) is 2. The molecule has 96 valence electrons. The van der Waals surface area contributed by atoms with Crippen molar-refractivity contribution in [1.82, 2.24) is 10.3 Å². The van der Waals surface area contributed by atoms with E-state index in [2.05, 4.69) is 22.1 Å². The van der Waals surface area contributed by atoms with Gasteiger partial charge in [-0.05, 0) is 25.8 Å². The van der Waals surface area contributed by atoms with Crippen molar-refractivity contribution in [2.24, 2.45) is 0 Å². The molecule has 17 heavy (non-hydrogen) atoms. The van der Waals surface area contributed by atoms with Gasteiger partial charge in [0.2, 0.25) is 0 Å². The fourth-order valence-electron chi connectivity index (χ4n) is 2.18. The number of aromatic nitrogens is 1. The molecule has 1 N–H and O–H groups in total. The summed E-state index contributed by atoms with van der Waals surface area (Å²) in [6.07, 6.45) is 5.00. The summed E-state index contributed by atoms with van der Waals surface area (Å²) in [7, 11) is 0. The van der Waals surface area contributed by atoms with Gasteiger partial charge in [0, 0.05) is 24.5 Å². The van der Waals surface area contributed by atoms with Crippen LogP contribution in [0.15, 0.2) is 5.38 Å². The molecule has 0 spiro atoms. The molecule has 1 fully saturated rings. The molecule has 2 rings (SSSR count). The Bertz CT molecular complexity index is 336. The minimum atomic E-state index is 0.617. The summed E-state index contributed by atoms with van der Waals surface area (Å²) < 4.78 is 0. The standard InChI is InChI=1S/C12H20ClN3S/c1-2-3-7-16(8-10-5-4-6-14-10)12-15-11(13)9-17-12/h9-10,14H,2-8H2,1H3. The van der Waals surface area contributed by atoms with Crippen LogP contribution < -0.4 is 10.2 Å². The van der Waals surface area contributed by atoms with Crippen molar-refractivity contribution in [2.45, 2.75) is 38.6 Å². The molecule has 0 radical (unpaired) electrons. The summed E-state index contributed by atoms with van der Waals surface area (Å²) in [5, 5.41) is 7.14. The Balaban J connectivity index is 1.96. The molecular weight excluding hydrogens is 254 g/mol. The Hall–Kier alpha value is -0.320. The quantitative estimate of drug-likeness (QED) is 0.863. The van der Waals surface area contributed by atoms with Gasteiger partial charge in [-0.15, -0.1) is 11.3 Å². The lowest BCUT2D eigenvalue weighted by Gasteiger charge is -2.25. The molecule has 1 aromatic heterocycles. The van der Waals surface area contributed by atoms with E-state index in [1.807, 2.05) is 5.38 Å². The molecule has 1 aromatic rings. The van der Waals surface area contributed by atoms with Crippen LogP contribution >= 0.6 is 22.9 Å². The molecular formula is C12H20ClN3S. The van der Waals surface area contributed by atoms with E-state index >= 15 is 0 Å². The van der Waals surface area contributed by atoms with Gasteiger partial charge in [-0.1, -0.05) is 24.9 Å². The fourth-order valence-corrected chi connectivity index (χ4v) is 3.17. The molecule has 3 nitrogen and oxygen atoms in total. The highest BCUT2D eigenvalue weighted by molar-refractivity contribution is 7.14. The third-order valence-corrected chi connectivity index (χ3v) is 4.34. The van der Waals surface area contributed by atoms with Gasteiger partial charge < -0.3 is 10.2 Å². The molecule has 5 heteroatoms. The normalized spacial score (nSPS) is 19.8. The Kier molecular flexibility index (Phi) is 5.07. The smallest absolute Gasteiger partial charge is 0.186 e. The topological polar surface area (TPSA) is 28.2 Å². The summed E-state index contributed by atoms with van der Waals surface area (Å²) in [4.78, 5) is 6.77. The first kappa shape index (κ1) is 13.1. The highest BCUT2D eigenvalue weighted by Gasteiger charge is 2.19. The largest absolute Gasteiger partial charge is 0.346 e. The number of thiazole rings is 1. The molecule has 0 saturated carbocycles. The van der Waals surface area contributed by atoms with Gasteiger partial charge in [0.1, 0.15) is 5.15 Å². The maximum Gasteiger partial charge on any atom is 0.186 e. The molecule has 2 heterocycles. The molecule has 0 amide bonds. The van der Waals surface area contributed by atoms with Gasteiger partial charge in [-0.2, -0.15) is 0 Å². The number of halogens is 1. The predicted octanol–water partition coefficient (Wildman–Crippen LogP) is 3.16. The van der Waals surface area contributed by atoms with E-state index in [-0.39, 0.29) is 0 Å².